The molecule has 0 aromatic heterocycles. The van der Waals surface area contributed by atoms with Crippen molar-refractivity contribution in [3.8, 4) is 0 Å². The lowest BCUT2D eigenvalue weighted by Crippen LogP contribution is -2.46. The molecule has 52 heavy (non-hydrogen) atoms. The highest BCUT2D eigenvalue weighted by molar-refractivity contribution is 5.77. The number of carbonyl (C=O) groups is 2. The Morgan fingerprint density at radius 1 is 0.577 bits per heavy atom. The maximum Gasteiger partial charge on any atom is 0.306 e. The van der Waals surface area contributed by atoms with Crippen LogP contribution in [0.4, 0.5) is 0 Å². The molecule has 0 aliphatic carbocycles. The van der Waals surface area contributed by atoms with Crippen LogP contribution < -0.4 is 5.32 Å². The minimum Gasteiger partial charge on any atom is -0.462 e. The van der Waals surface area contributed by atoms with Gasteiger partial charge in [0.15, 0.2) is 0 Å². The van der Waals surface area contributed by atoms with Crippen LogP contribution in [0.2, 0.25) is 0 Å². The molecule has 3 N–H and O–H groups in total. The van der Waals surface area contributed by atoms with E-state index in [1.54, 1.807) is 0 Å². The summed E-state index contributed by atoms with van der Waals surface area (Å²) in [6, 6.07) is -0.706. The van der Waals surface area contributed by atoms with Gasteiger partial charge in [-0.3, -0.25) is 9.59 Å². The van der Waals surface area contributed by atoms with Gasteiger partial charge >= 0.3 is 5.97 Å². The highest BCUT2D eigenvalue weighted by Crippen LogP contribution is 2.17. The zero-order valence-electron chi connectivity index (χ0n) is 34.4. The first-order chi connectivity index (χ1) is 25.5. The first-order valence-electron chi connectivity index (χ1n) is 22.2. The van der Waals surface area contributed by atoms with E-state index in [-0.39, 0.29) is 24.9 Å². The van der Waals surface area contributed by atoms with Crippen molar-refractivity contribution in [1.29, 1.82) is 0 Å². The molecule has 0 rings (SSSR count). The highest BCUT2D eigenvalue weighted by Gasteiger charge is 2.24. The number of aliphatic hydroxyl groups excluding tert-OH is 2. The van der Waals surface area contributed by atoms with E-state index in [0.29, 0.717) is 19.3 Å². The van der Waals surface area contributed by atoms with E-state index >= 15 is 0 Å². The Morgan fingerprint density at radius 3 is 1.56 bits per heavy atom. The lowest BCUT2D eigenvalue weighted by Gasteiger charge is -2.24. The van der Waals surface area contributed by atoms with Gasteiger partial charge in [0, 0.05) is 6.42 Å². The molecule has 0 heterocycles. The minimum atomic E-state index is -0.791. The molecule has 6 nitrogen and oxygen atoms in total. The Balaban J connectivity index is 4.62. The first-order valence-corrected chi connectivity index (χ1v) is 22.2. The summed E-state index contributed by atoms with van der Waals surface area (Å²) in [5, 5.41) is 23.5. The second kappa shape index (κ2) is 40.3. The molecular formula is C46H85NO5. The van der Waals surface area contributed by atoms with Gasteiger partial charge in [-0.1, -0.05) is 198 Å². The number of nitrogens with one attached hydrogen (secondary N) is 1. The monoisotopic (exact) mass is 732 g/mol. The van der Waals surface area contributed by atoms with E-state index in [1.165, 1.54) is 103 Å². The third kappa shape index (κ3) is 35.1. The van der Waals surface area contributed by atoms with Crippen LogP contribution in [-0.4, -0.2) is 46.9 Å². The van der Waals surface area contributed by atoms with Crippen molar-refractivity contribution in [2.75, 3.05) is 6.61 Å². The second-order valence-electron chi connectivity index (χ2n) is 15.1. The van der Waals surface area contributed by atoms with Gasteiger partial charge in [0.1, 0.15) is 6.10 Å². The standard InChI is InChI=1S/C46H85NO5/c1-4-7-10-13-16-19-21-22-24-27-30-33-36-39-46(51)52-42(37-34-31-28-26-23-20-17-14-11-8-5-2)40-45(50)47-43(41-48)44(49)38-35-32-29-25-18-15-12-9-6-3/h8,11,14,17,20,23,42-44,48-49H,4-7,9-10,12-13,15-16,18-19,21-22,24-41H2,1-3H3,(H,47,50)/b11-8+,17-14+,23-20-. The maximum absolute atomic E-state index is 13.1. The fourth-order valence-electron chi connectivity index (χ4n) is 6.66. The van der Waals surface area contributed by atoms with Crippen LogP contribution >= 0.6 is 0 Å². The summed E-state index contributed by atoms with van der Waals surface area (Å²) in [6.45, 7) is 6.30. The van der Waals surface area contributed by atoms with Gasteiger partial charge in [0.25, 0.3) is 0 Å². The molecule has 0 spiro atoms. The topological polar surface area (TPSA) is 95.9 Å². The Kier molecular flexibility index (Phi) is 38.8. The first kappa shape index (κ1) is 50.1. The average Bonchev–Trinajstić information content (AvgIpc) is 3.13. The van der Waals surface area contributed by atoms with Crippen molar-refractivity contribution in [2.45, 2.75) is 238 Å². The molecular weight excluding hydrogens is 647 g/mol. The number of carbonyl (C=O) groups excluding carboxylic acids is 2. The molecule has 0 fully saturated rings. The lowest BCUT2D eigenvalue weighted by atomic mass is 10.0. The summed E-state index contributed by atoms with van der Waals surface area (Å²) >= 11 is 0. The largest absolute Gasteiger partial charge is 0.462 e. The predicted molar refractivity (Wildman–Crippen MR) is 222 cm³/mol. The van der Waals surface area contributed by atoms with E-state index in [9.17, 15) is 19.8 Å². The smallest absolute Gasteiger partial charge is 0.306 e. The molecule has 0 bridgehead atoms. The van der Waals surface area contributed by atoms with Crippen molar-refractivity contribution in [2.24, 2.45) is 0 Å². The molecule has 1 amide bonds. The quantitative estimate of drug-likeness (QED) is 0.0332. The van der Waals surface area contributed by atoms with Gasteiger partial charge in [0.2, 0.25) is 5.91 Å². The van der Waals surface area contributed by atoms with Crippen LogP contribution in [0.15, 0.2) is 36.5 Å². The molecule has 0 saturated heterocycles. The molecule has 0 radical (unpaired) electrons. The molecule has 3 unspecified atom stereocenters. The Bertz CT molecular complexity index is 869. The van der Waals surface area contributed by atoms with Crippen molar-refractivity contribution >= 4 is 11.9 Å². The molecule has 0 saturated carbocycles. The van der Waals surface area contributed by atoms with Gasteiger partial charge in [-0.25, -0.2) is 0 Å². The van der Waals surface area contributed by atoms with Crippen molar-refractivity contribution in [3.63, 3.8) is 0 Å². The van der Waals surface area contributed by atoms with Crippen LogP contribution in [-0.2, 0) is 14.3 Å². The lowest BCUT2D eigenvalue weighted by molar-refractivity contribution is -0.151. The summed E-state index contributed by atoms with van der Waals surface area (Å²) in [4.78, 5) is 25.9. The van der Waals surface area contributed by atoms with Crippen molar-refractivity contribution in [3.05, 3.63) is 36.5 Å². The van der Waals surface area contributed by atoms with E-state index in [4.69, 9.17) is 4.74 Å². The number of hydrogen-bond acceptors (Lipinski definition) is 5. The van der Waals surface area contributed by atoms with Crippen molar-refractivity contribution < 1.29 is 24.5 Å². The van der Waals surface area contributed by atoms with E-state index in [2.05, 4.69) is 50.4 Å². The van der Waals surface area contributed by atoms with E-state index < -0.39 is 18.2 Å². The number of aliphatic hydroxyl groups is 2. The van der Waals surface area contributed by atoms with Gasteiger partial charge in [0.05, 0.1) is 25.2 Å². The Labute approximate surface area is 322 Å². The molecule has 0 aliphatic heterocycles. The number of esters is 1. The van der Waals surface area contributed by atoms with Crippen LogP contribution in [0.5, 0.6) is 0 Å². The Morgan fingerprint density at radius 2 is 1.04 bits per heavy atom. The Hall–Kier alpha value is -1.92. The van der Waals surface area contributed by atoms with Crippen LogP contribution in [0, 0.1) is 0 Å². The summed E-state index contributed by atoms with van der Waals surface area (Å²) in [6.07, 6.45) is 44.9. The van der Waals surface area contributed by atoms with Crippen molar-refractivity contribution in [1.82, 2.24) is 5.32 Å². The number of amides is 1. The fraction of sp³-hybridized carbons (Fsp3) is 0.826. The van der Waals surface area contributed by atoms with Gasteiger partial charge in [-0.15, -0.1) is 0 Å². The molecule has 6 heteroatoms. The zero-order valence-corrected chi connectivity index (χ0v) is 34.4. The molecule has 0 aliphatic rings. The van der Waals surface area contributed by atoms with Crippen LogP contribution in [0.25, 0.3) is 0 Å². The van der Waals surface area contributed by atoms with E-state index in [0.717, 1.165) is 70.6 Å². The number of allylic oxidation sites excluding steroid dienone is 6. The SMILES string of the molecule is CC/C=C/C=C/C=C\CCCCCC(CC(=O)NC(CO)C(O)CCCCCCCCCCC)OC(=O)CCCCCCCCCCCCCCC. The number of ether oxygens (including phenoxy) is 1. The summed E-state index contributed by atoms with van der Waals surface area (Å²) in [5.74, 6) is -0.507. The van der Waals surface area contributed by atoms with Gasteiger partial charge in [-0.05, 0) is 44.9 Å². The second-order valence-corrected chi connectivity index (χ2v) is 15.1. The number of unbranched alkanes of at least 4 members (excludes halogenated alkanes) is 23. The normalized spacial score (nSPS) is 13.7. The minimum absolute atomic E-state index is 0.0571. The highest BCUT2D eigenvalue weighted by atomic mass is 16.5. The predicted octanol–water partition coefficient (Wildman–Crippen LogP) is 12.6. The molecule has 0 aromatic rings. The number of rotatable bonds is 39. The van der Waals surface area contributed by atoms with Crippen LogP contribution in [0.3, 0.4) is 0 Å². The average molecular weight is 732 g/mol. The third-order valence-electron chi connectivity index (χ3n) is 10.0. The zero-order chi connectivity index (χ0) is 38.2. The third-order valence-corrected chi connectivity index (χ3v) is 10.0. The van der Waals surface area contributed by atoms with Gasteiger partial charge in [-0.2, -0.15) is 0 Å². The summed E-state index contributed by atoms with van der Waals surface area (Å²) in [5.41, 5.74) is 0. The van der Waals surface area contributed by atoms with E-state index in [1.807, 2.05) is 12.2 Å². The summed E-state index contributed by atoms with van der Waals surface area (Å²) < 4.78 is 5.87. The molecule has 0 aromatic carbocycles. The van der Waals surface area contributed by atoms with Crippen LogP contribution in [0.1, 0.15) is 220 Å². The fourth-order valence-corrected chi connectivity index (χ4v) is 6.66. The molecule has 3 atom stereocenters. The number of hydrogen-bond donors (Lipinski definition) is 3. The van der Waals surface area contributed by atoms with Gasteiger partial charge < -0.3 is 20.3 Å². The summed E-state index contributed by atoms with van der Waals surface area (Å²) in [7, 11) is 0. The molecule has 304 valence electrons. The maximum atomic E-state index is 13.1.